The van der Waals surface area contributed by atoms with Crippen molar-refractivity contribution in [2.24, 2.45) is 11.7 Å². The maximum Gasteiger partial charge on any atom is 0.171 e. The molecule has 1 aliphatic rings. The normalized spacial score (nSPS) is 24.1. The molecule has 2 atom stereocenters. The van der Waals surface area contributed by atoms with Gasteiger partial charge < -0.3 is 15.4 Å². The van der Waals surface area contributed by atoms with Gasteiger partial charge in [0, 0.05) is 25.3 Å². The summed E-state index contributed by atoms with van der Waals surface area (Å²) < 4.78 is 5.77. The van der Waals surface area contributed by atoms with Crippen molar-refractivity contribution in [3.63, 3.8) is 0 Å². The van der Waals surface area contributed by atoms with Crippen LogP contribution in [0.3, 0.4) is 0 Å². The predicted molar refractivity (Wildman–Crippen MR) is 74.0 cm³/mol. The van der Waals surface area contributed by atoms with Crippen molar-refractivity contribution in [3.8, 4) is 5.75 Å². The number of pyridine rings is 1. The van der Waals surface area contributed by atoms with Crippen LogP contribution in [0.25, 0.3) is 0 Å². The summed E-state index contributed by atoms with van der Waals surface area (Å²) in [5.74, 6) is 2.42. The van der Waals surface area contributed by atoms with Gasteiger partial charge in [-0.25, -0.2) is 4.98 Å². The van der Waals surface area contributed by atoms with Gasteiger partial charge in [0.2, 0.25) is 0 Å². The van der Waals surface area contributed by atoms with E-state index >= 15 is 0 Å². The van der Waals surface area contributed by atoms with Crippen LogP contribution in [0.5, 0.6) is 5.75 Å². The second-order valence-electron chi connectivity index (χ2n) is 5.18. The maximum atomic E-state index is 6.09. The smallest absolute Gasteiger partial charge is 0.171 e. The number of rotatable bonds is 4. The molecule has 0 bridgehead atoms. The topological polar surface area (TPSA) is 51.4 Å². The molecule has 0 saturated carbocycles. The SMILES string of the molecule is CCCOc1cccnc1N1CC(C)CC(N)C1. The number of hydrogen-bond acceptors (Lipinski definition) is 4. The first-order valence-corrected chi connectivity index (χ1v) is 6.79. The number of hydrogen-bond donors (Lipinski definition) is 1. The number of nitrogens with two attached hydrogens (primary N) is 1. The summed E-state index contributed by atoms with van der Waals surface area (Å²) in [5.41, 5.74) is 6.09. The van der Waals surface area contributed by atoms with Crippen LogP contribution < -0.4 is 15.4 Å². The molecule has 2 rings (SSSR count). The minimum absolute atomic E-state index is 0.231. The fourth-order valence-corrected chi connectivity index (χ4v) is 2.52. The summed E-state index contributed by atoms with van der Waals surface area (Å²) in [6.07, 6.45) is 3.91. The highest BCUT2D eigenvalue weighted by atomic mass is 16.5. The second kappa shape index (κ2) is 6.05. The molecule has 2 heterocycles. The van der Waals surface area contributed by atoms with Gasteiger partial charge in [0.05, 0.1) is 6.61 Å². The van der Waals surface area contributed by atoms with Crippen molar-refractivity contribution >= 4 is 5.82 Å². The molecule has 18 heavy (non-hydrogen) atoms. The van der Waals surface area contributed by atoms with Crippen LogP contribution in [0.15, 0.2) is 18.3 Å². The molecule has 0 spiro atoms. The Labute approximate surface area is 109 Å². The number of aromatic nitrogens is 1. The lowest BCUT2D eigenvalue weighted by Crippen LogP contribution is -2.46. The molecule has 1 aromatic heterocycles. The van der Waals surface area contributed by atoms with E-state index < -0.39 is 0 Å². The van der Waals surface area contributed by atoms with Crippen molar-refractivity contribution in [1.29, 1.82) is 0 Å². The summed E-state index contributed by atoms with van der Waals surface area (Å²) in [4.78, 5) is 6.72. The summed E-state index contributed by atoms with van der Waals surface area (Å²) in [5, 5.41) is 0. The first kappa shape index (κ1) is 13.1. The van der Waals surface area contributed by atoms with Gasteiger partial charge in [0.15, 0.2) is 11.6 Å². The molecule has 0 amide bonds. The minimum atomic E-state index is 0.231. The van der Waals surface area contributed by atoms with Crippen LogP contribution >= 0.6 is 0 Å². The molecule has 1 aromatic rings. The van der Waals surface area contributed by atoms with Crippen LogP contribution in [0.1, 0.15) is 26.7 Å². The Hall–Kier alpha value is -1.29. The monoisotopic (exact) mass is 249 g/mol. The van der Waals surface area contributed by atoms with E-state index in [0.29, 0.717) is 5.92 Å². The second-order valence-corrected chi connectivity index (χ2v) is 5.18. The number of piperidine rings is 1. The Bertz CT molecular complexity index is 373. The van der Waals surface area contributed by atoms with Crippen molar-refractivity contribution in [3.05, 3.63) is 18.3 Å². The van der Waals surface area contributed by atoms with Crippen molar-refractivity contribution < 1.29 is 4.74 Å². The summed E-state index contributed by atoms with van der Waals surface area (Å²) in [7, 11) is 0. The molecule has 100 valence electrons. The van der Waals surface area contributed by atoms with Gasteiger partial charge in [-0.3, -0.25) is 0 Å². The van der Waals surface area contributed by atoms with Crippen molar-refractivity contribution in [1.82, 2.24) is 4.98 Å². The van der Waals surface area contributed by atoms with Gasteiger partial charge >= 0.3 is 0 Å². The highest BCUT2D eigenvalue weighted by Crippen LogP contribution is 2.29. The van der Waals surface area contributed by atoms with Crippen LogP contribution in [-0.4, -0.2) is 30.7 Å². The molecule has 1 saturated heterocycles. The van der Waals surface area contributed by atoms with Gasteiger partial charge in [-0.2, -0.15) is 0 Å². The van der Waals surface area contributed by atoms with Crippen LogP contribution in [-0.2, 0) is 0 Å². The fourth-order valence-electron chi connectivity index (χ4n) is 2.52. The van der Waals surface area contributed by atoms with E-state index in [2.05, 4.69) is 23.7 Å². The van der Waals surface area contributed by atoms with Gasteiger partial charge in [0.1, 0.15) is 0 Å². The van der Waals surface area contributed by atoms with Crippen LogP contribution in [0, 0.1) is 5.92 Å². The molecule has 4 nitrogen and oxygen atoms in total. The highest BCUT2D eigenvalue weighted by molar-refractivity contribution is 5.52. The summed E-state index contributed by atoms with van der Waals surface area (Å²) in [6.45, 7) is 6.95. The first-order chi connectivity index (χ1) is 8.70. The highest BCUT2D eigenvalue weighted by Gasteiger charge is 2.24. The largest absolute Gasteiger partial charge is 0.490 e. The molecular formula is C14H23N3O. The molecule has 1 fully saturated rings. The summed E-state index contributed by atoms with van der Waals surface area (Å²) in [6, 6.07) is 4.14. The summed E-state index contributed by atoms with van der Waals surface area (Å²) >= 11 is 0. The van der Waals surface area contributed by atoms with E-state index in [-0.39, 0.29) is 6.04 Å². The van der Waals surface area contributed by atoms with Gasteiger partial charge in [-0.15, -0.1) is 0 Å². The quantitative estimate of drug-likeness (QED) is 0.887. The lowest BCUT2D eigenvalue weighted by atomic mass is 9.96. The van der Waals surface area contributed by atoms with Crippen LogP contribution in [0.4, 0.5) is 5.82 Å². The van der Waals surface area contributed by atoms with Crippen molar-refractivity contribution in [2.45, 2.75) is 32.7 Å². The average molecular weight is 249 g/mol. The van der Waals surface area contributed by atoms with E-state index in [4.69, 9.17) is 10.5 Å². The Balaban J connectivity index is 2.15. The maximum absolute atomic E-state index is 6.09. The number of nitrogens with zero attached hydrogens (tertiary/aromatic N) is 2. The van der Waals surface area contributed by atoms with E-state index in [1.807, 2.05) is 18.3 Å². The molecule has 0 aliphatic carbocycles. The Morgan fingerprint density at radius 1 is 1.50 bits per heavy atom. The fraction of sp³-hybridized carbons (Fsp3) is 0.643. The van der Waals surface area contributed by atoms with Gasteiger partial charge in [0.25, 0.3) is 0 Å². The number of ether oxygens (including phenoxy) is 1. The predicted octanol–water partition coefficient (Wildman–Crippen LogP) is 2.04. The zero-order valence-electron chi connectivity index (χ0n) is 11.3. The van der Waals surface area contributed by atoms with E-state index in [1.165, 1.54) is 0 Å². The Kier molecular flexibility index (Phi) is 4.42. The Morgan fingerprint density at radius 3 is 3.06 bits per heavy atom. The van der Waals surface area contributed by atoms with Gasteiger partial charge in [-0.05, 0) is 30.9 Å². The van der Waals surface area contributed by atoms with E-state index in [9.17, 15) is 0 Å². The van der Waals surface area contributed by atoms with E-state index in [0.717, 1.165) is 44.1 Å². The molecule has 1 aliphatic heterocycles. The average Bonchev–Trinajstić information content (AvgIpc) is 2.35. The first-order valence-electron chi connectivity index (χ1n) is 6.79. The molecule has 0 aromatic carbocycles. The molecule has 4 heteroatoms. The van der Waals surface area contributed by atoms with E-state index in [1.54, 1.807) is 0 Å². The minimum Gasteiger partial charge on any atom is -0.490 e. The third kappa shape index (κ3) is 3.13. The van der Waals surface area contributed by atoms with Crippen molar-refractivity contribution in [2.75, 3.05) is 24.6 Å². The third-order valence-corrected chi connectivity index (χ3v) is 3.20. The molecule has 2 unspecified atom stereocenters. The molecule has 0 radical (unpaired) electrons. The molecule has 2 N–H and O–H groups in total. The van der Waals surface area contributed by atoms with Crippen LogP contribution in [0.2, 0.25) is 0 Å². The lowest BCUT2D eigenvalue weighted by molar-refractivity contribution is 0.313. The van der Waals surface area contributed by atoms with Gasteiger partial charge in [-0.1, -0.05) is 13.8 Å². The third-order valence-electron chi connectivity index (χ3n) is 3.20. The molecular weight excluding hydrogens is 226 g/mol. The standard InChI is InChI=1S/C14H23N3O/c1-3-7-18-13-5-4-6-16-14(13)17-9-11(2)8-12(15)10-17/h4-6,11-12H,3,7-10,15H2,1-2H3. The lowest BCUT2D eigenvalue weighted by Gasteiger charge is -2.36. The Morgan fingerprint density at radius 2 is 2.33 bits per heavy atom. The zero-order valence-corrected chi connectivity index (χ0v) is 11.3. The number of anilines is 1. The zero-order chi connectivity index (χ0) is 13.0.